The molecule has 0 aromatic carbocycles. The molecule has 1 aliphatic heterocycles. The van der Waals surface area contributed by atoms with Crippen LogP contribution in [0.1, 0.15) is 38.0 Å². The largest absolute Gasteiger partial charge is 0.317 e. The molecule has 0 spiro atoms. The molecule has 1 unspecified atom stereocenters. The lowest BCUT2D eigenvalue weighted by Crippen LogP contribution is -2.39. The minimum absolute atomic E-state index is 0.258. The zero-order valence-corrected chi connectivity index (χ0v) is 11.8. The molecule has 1 aromatic heterocycles. The van der Waals surface area contributed by atoms with Crippen LogP contribution < -0.4 is 10.6 Å². The highest BCUT2D eigenvalue weighted by atomic mass is 32.1. The minimum Gasteiger partial charge on any atom is -0.317 e. The monoisotopic (exact) mass is 252 g/mol. The summed E-state index contributed by atoms with van der Waals surface area (Å²) in [5, 5.41) is 9.39. The summed E-state index contributed by atoms with van der Waals surface area (Å²) in [6.45, 7) is 8.10. The summed E-state index contributed by atoms with van der Waals surface area (Å²) in [7, 11) is 0. The Morgan fingerprint density at radius 2 is 2.29 bits per heavy atom. The number of nitrogens with one attached hydrogen (secondary N) is 2. The van der Waals surface area contributed by atoms with Gasteiger partial charge in [0.1, 0.15) is 0 Å². The molecule has 1 aromatic rings. The second-order valence-corrected chi connectivity index (χ2v) is 6.57. The van der Waals surface area contributed by atoms with Crippen molar-refractivity contribution in [3.8, 4) is 0 Å². The third kappa shape index (κ3) is 3.80. The topological polar surface area (TPSA) is 24.1 Å². The second kappa shape index (κ2) is 5.98. The van der Waals surface area contributed by atoms with Crippen LogP contribution in [0.5, 0.6) is 0 Å². The van der Waals surface area contributed by atoms with Crippen molar-refractivity contribution in [2.75, 3.05) is 19.6 Å². The van der Waals surface area contributed by atoms with Gasteiger partial charge in [0.2, 0.25) is 0 Å². The fourth-order valence-electron chi connectivity index (χ4n) is 2.37. The van der Waals surface area contributed by atoms with E-state index in [1.807, 2.05) is 11.3 Å². The third-order valence-electron chi connectivity index (χ3n) is 3.60. The maximum Gasteiger partial charge on any atom is 0.0115 e. The van der Waals surface area contributed by atoms with Crippen LogP contribution in [0.3, 0.4) is 0 Å². The smallest absolute Gasteiger partial charge is 0.0115 e. The Hall–Kier alpha value is -0.380. The standard InChI is InChI=1S/C14H24N2S/c1-14(2,13-6-4-10-17-13)11-16-12-5-3-8-15-9-7-12/h4,6,10,12,15-16H,3,5,7-9,11H2,1-2H3. The zero-order chi connectivity index (χ0) is 12.1. The molecule has 0 aliphatic carbocycles. The van der Waals surface area contributed by atoms with E-state index in [2.05, 4.69) is 42.0 Å². The first kappa shape index (κ1) is 13.1. The van der Waals surface area contributed by atoms with Gasteiger partial charge in [0.25, 0.3) is 0 Å². The number of thiophene rings is 1. The first-order chi connectivity index (χ1) is 8.18. The van der Waals surface area contributed by atoms with E-state index in [0.717, 1.165) is 13.1 Å². The molecule has 0 bridgehead atoms. The predicted molar refractivity (Wildman–Crippen MR) is 75.9 cm³/mol. The van der Waals surface area contributed by atoms with Crippen molar-refractivity contribution in [3.05, 3.63) is 22.4 Å². The number of rotatable bonds is 4. The van der Waals surface area contributed by atoms with E-state index in [0.29, 0.717) is 6.04 Å². The number of hydrogen-bond acceptors (Lipinski definition) is 3. The molecule has 2 nitrogen and oxygen atoms in total. The van der Waals surface area contributed by atoms with Crippen molar-refractivity contribution in [3.63, 3.8) is 0 Å². The van der Waals surface area contributed by atoms with Crippen molar-refractivity contribution in [1.29, 1.82) is 0 Å². The van der Waals surface area contributed by atoms with E-state index in [1.165, 1.54) is 30.7 Å². The van der Waals surface area contributed by atoms with Crippen LogP contribution >= 0.6 is 11.3 Å². The van der Waals surface area contributed by atoms with E-state index in [-0.39, 0.29) is 5.41 Å². The van der Waals surface area contributed by atoms with Gasteiger partial charge in [0.05, 0.1) is 0 Å². The summed E-state index contributed by atoms with van der Waals surface area (Å²) in [4.78, 5) is 1.48. The Balaban J connectivity index is 1.84. The van der Waals surface area contributed by atoms with Crippen LogP contribution in [0.15, 0.2) is 17.5 Å². The first-order valence-electron chi connectivity index (χ1n) is 6.66. The molecule has 96 valence electrons. The Morgan fingerprint density at radius 3 is 3.06 bits per heavy atom. The molecule has 2 N–H and O–H groups in total. The van der Waals surface area contributed by atoms with E-state index < -0.39 is 0 Å². The summed E-state index contributed by atoms with van der Waals surface area (Å²) >= 11 is 1.87. The Bertz CT molecular complexity index is 311. The van der Waals surface area contributed by atoms with Crippen molar-refractivity contribution < 1.29 is 0 Å². The van der Waals surface area contributed by atoms with Gasteiger partial charge in [-0.05, 0) is 43.8 Å². The fourth-order valence-corrected chi connectivity index (χ4v) is 3.23. The van der Waals surface area contributed by atoms with E-state index in [9.17, 15) is 0 Å². The van der Waals surface area contributed by atoms with Crippen LogP contribution in [0.2, 0.25) is 0 Å². The first-order valence-corrected chi connectivity index (χ1v) is 7.54. The molecule has 3 heteroatoms. The van der Waals surface area contributed by atoms with Crippen LogP contribution in [0, 0.1) is 0 Å². The van der Waals surface area contributed by atoms with Gasteiger partial charge in [-0.25, -0.2) is 0 Å². The molecule has 17 heavy (non-hydrogen) atoms. The molecule has 0 saturated carbocycles. The summed E-state index contributed by atoms with van der Waals surface area (Å²) in [5.41, 5.74) is 0.258. The lowest BCUT2D eigenvalue weighted by Gasteiger charge is -2.27. The predicted octanol–water partition coefficient (Wildman–Crippen LogP) is 2.76. The van der Waals surface area contributed by atoms with Crippen molar-refractivity contribution in [1.82, 2.24) is 10.6 Å². The molecule has 2 heterocycles. The molecule has 1 fully saturated rings. The summed E-state index contributed by atoms with van der Waals surface area (Å²) in [6, 6.07) is 5.10. The third-order valence-corrected chi connectivity index (χ3v) is 4.83. The highest BCUT2D eigenvalue weighted by Crippen LogP contribution is 2.27. The average molecular weight is 252 g/mol. The van der Waals surface area contributed by atoms with Crippen molar-refractivity contribution in [2.24, 2.45) is 0 Å². The van der Waals surface area contributed by atoms with Gasteiger partial charge in [-0.15, -0.1) is 11.3 Å². The summed E-state index contributed by atoms with van der Waals surface area (Å²) in [6.07, 6.45) is 3.88. The van der Waals surface area contributed by atoms with Gasteiger partial charge in [0, 0.05) is 22.9 Å². The van der Waals surface area contributed by atoms with Gasteiger partial charge in [0.15, 0.2) is 0 Å². The summed E-state index contributed by atoms with van der Waals surface area (Å²) in [5.74, 6) is 0. The fraction of sp³-hybridized carbons (Fsp3) is 0.714. The quantitative estimate of drug-likeness (QED) is 0.861. The second-order valence-electron chi connectivity index (χ2n) is 5.62. The maximum absolute atomic E-state index is 3.76. The van der Waals surface area contributed by atoms with Gasteiger partial charge in [-0.2, -0.15) is 0 Å². The Labute approximate surface area is 109 Å². The van der Waals surface area contributed by atoms with Gasteiger partial charge < -0.3 is 10.6 Å². The minimum atomic E-state index is 0.258. The Kier molecular flexibility index (Phi) is 4.60. The average Bonchev–Trinajstić information content (AvgIpc) is 2.72. The molecule has 1 saturated heterocycles. The SMILES string of the molecule is CC(C)(CNC1CCCNCC1)c1cccs1. The molecular weight excluding hydrogens is 228 g/mol. The van der Waals surface area contributed by atoms with Crippen LogP contribution in [-0.2, 0) is 5.41 Å². The Morgan fingerprint density at radius 1 is 1.41 bits per heavy atom. The van der Waals surface area contributed by atoms with Crippen molar-refractivity contribution in [2.45, 2.75) is 44.6 Å². The zero-order valence-electron chi connectivity index (χ0n) is 11.0. The highest BCUT2D eigenvalue weighted by molar-refractivity contribution is 7.10. The number of hydrogen-bond donors (Lipinski definition) is 2. The van der Waals surface area contributed by atoms with E-state index in [1.54, 1.807) is 0 Å². The lowest BCUT2D eigenvalue weighted by atomic mass is 9.91. The molecule has 1 atom stereocenters. The molecule has 0 radical (unpaired) electrons. The molecule has 1 aliphatic rings. The molecule has 2 rings (SSSR count). The van der Waals surface area contributed by atoms with E-state index in [4.69, 9.17) is 0 Å². The van der Waals surface area contributed by atoms with E-state index >= 15 is 0 Å². The molecular formula is C14H24N2S. The van der Waals surface area contributed by atoms with Crippen LogP contribution in [-0.4, -0.2) is 25.7 Å². The maximum atomic E-state index is 3.76. The highest BCUT2D eigenvalue weighted by Gasteiger charge is 2.23. The lowest BCUT2D eigenvalue weighted by molar-refractivity contribution is 0.400. The van der Waals surface area contributed by atoms with Crippen LogP contribution in [0.25, 0.3) is 0 Å². The van der Waals surface area contributed by atoms with Gasteiger partial charge in [-0.1, -0.05) is 19.9 Å². The summed E-state index contributed by atoms with van der Waals surface area (Å²) < 4.78 is 0. The van der Waals surface area contributed by atoms with Crippen LogP contribution in [0.4, 0.5) is 0 Å². The van der Waals surface area contributed by atoms with Gasteiger partial charge >= 0.3 is 0 Å². The van der Waals surface area contributed by atoms with Gasteiger partial charge in [-0.3, -0.25) is 0 Å². The van der Waals surface area contributed by atoms with Crippen molar-refractivity contribution >= 4 is 11.3 Å². The molecule has 0 amide bonds. The normalized spacial score (nSPS) is 22.4.